The Labute approximate surface area is 177 Å². The van der Waals surface area contributed by atoms with Gasteiger partial charge in [-0.05, 0) is 75.9 Å². The largest absolute Gasteiger partial charge is 0.544 e. The quantitative estimate of drug-likeness (QED) is 0.616. The van der Waals surface area contributed by atoms with E-state index in [4.69, 9.17) is 9.16 Å². The molecule has 0 aromatic heterocycles. The van der Waals surface area contributed by atoms with Crippen LogP contribution in [0.3, 0.4) is 0 Å². The van der Waals surface area contributed by atoms with Crippen molar-refractivity contribution in [3.05, 3.63) is 29.8 Å². The monoisotopic (exact) mass is 421 g/mol. The molecule has 0 saturated carbocycles. The molecule has 1 N–H and O–H groups in total. The molecule has 0 bridgehead atoms. The van der Waals surface area contributed by atoms with Gasteiger partial charge in [-0.15, -0.1) is 0 Å². The van der Waals surface area contributed by atoms with Crippen LogP contribution >= 0.6 is 0 Å². The first-order chi connectivity index (χ1) is 13.2. The SMILES string of the molecule is CC(C)(C)OC(=O)N1CCCC[C@H]1[C@@H](O)c1ccc(O[Si](C)(C)C(C)(C)C)cc1. The van der Waals surface area contributed by atoms with Gasteiger partial charge in [0, 0.05) is 6.54 Å². The number of benzene rings is 1. The summed E-state index contributed by atoms with van der Waals surface area (Å²) in [7, 11) is -1.90. The van der Waals surface area contributed by atoms with Gasteiger partial charge in [0.2, 0.25) is 8.32 Å². The van der Waals surface area contributed by atoms with Crippen LogP contribution in [-0.2, 0) is 4.74 Å². The molecule has 29 heavy (non-hydrogen) atoms. The highest BCUT2D eigenvalue weighted by molar-refractivity contribution is 6.74. The van der Waals surface area contributed by atoms with Gasteiger partial charge in [0.05, 0.1) is 12.1 Å². The van der Waals surface area contributed by atoms with Gasteiger partial charge in [0.25, 0.3) is 0 Å². The number of ether oxygens (including phenoxy) is 1. The summed E-state index contributed by atoms with van der Waals surface area (Å²) in [6, 6.07) is 7.41. The molecule has 1 saturated heterocycles. The highest BCUT2D eigenvalue weighted by Gasteiger charge is 2.39. The molecule has 1 amide bonds. The molecule has 6 heteroatoms. The number of likely N-dealkylation sites (tertiary alicyclic amines) is 1. The molecule has 1 aromatic carbocycles. The van der Waals surface area contributed by atoms with E-state index >= 15 is 0 Å². The molecule has 1 fully saturated rings. The number of aliphatic hydroxyl groups is 1. The van der Waals surface area contributed by atoms with Crippen molar-refractivity contribution < 1.29 is 19.1 Å². The third kappa shape index (κ3) is 6.22. The van der Waals surface area contributed by atoms with E-state index in [-0.39, 0.29) is 17.2 Å². The maximum atomic E-state index is 12.6. The summed E-state index contributed by atoms with van der Waals surface area (Å²) < 4.78 is 11.9. The van der Waals surface area contributed by atoms with Gasteiger partial charge in [-0.3, -0.25) is 0 Å². The summed E-state index contributed by atoms with van der Waals surface area (Å²) in [6.07, 6.45) is 1.60. The molecule has 2 atom stereocenters. The third-order valence-electron chi connectivity index (χ3n) is 5.94. The number of hydrogen-bond acceptors (Lipinski definition) is 4. The summed E-state index contributed by atoms with van der Waals surface area (Å²) in [5, 5.41) is 11.2. The highest BCUT2D eigenvalue weighted by Crippen LogP contribution is 2.38. The molecule has 0 spiro atoms. The standard InChI is InChI=1S/C23H39NO4Si/c1-22(2,3)27-21(26)24-16-10-9-11-19(24)20(25)17-12-14-18(15-13-17)28-29(7,8)23(4,5)6/h12-15,19-20,25H,9-11,16H2,1-8H3/t19-,20-/m0/s1. The first kappa shape index (κ1) is 23.7. The normalized spacial score (nSPS) is 19.6. The second-order valence-corrected chi connectivity index (χ2v) is 15.3. The van der Waals surface area contributed by atoms with Gasteiger partial charge in [-0.1, -0.05) is 32.9 Å². The van der Waals surface area contributed by atoms with Crippen LogP contribution in [-0.4, -0.2) is 42.6 Å². The van der Waals surface area contributed by atoms with E-state index < -0.39 is 20.0 Å². The van der Waals surface area contributed by atoms with Crippen LogP contribution in [0.5, 0.6) is 5.75 Å². The summed E-state index contributed by atoms with van der Waals surface area (Å²) in [4.78, 5) is 14.3. The van der Waals surface area contributed by atoms with Gasteiger partial charge >= 0.3 is 6.09 Å². The summed E-state index contributed by atoms with van der Waals surface area (Å²) in [6.45, 7) is 17.3. The zero-order valence-corrected chi connectivity index (χ0v) is 20.4. The molecule has 1 aliphatic heterocycles. The Morgan fingerprint density at radius 3 is 2.21 bits per heavy atom. The van der Waals surface area contributed by atoms with Crippen LogP contribution in [0.1, 0.15) is 72.5 Å². The average molecular weight is 422 g/mol. The van der Waals surface area contributed by atoms with E-state index in [1.807, 2.05) is 45.0 Å². The fourth-order valence-corrected chi connectivity index (χ4v) is 4.27. The number of carbonyl (C=O) groups excluding carboxylic acids is 1. The second-order valence-electron chi connectivity index (χ2n) is 10.6. The molecule has 0 aliphatic carbocycles. The molecule has 0 radical (unpaired) electrons. The van der Waals surface area contributed by atoms with Crippen molar-refractivity contribution >= 4 is 14.4 Å². The zero-order chi connectivity index (χ0) is 22.0. The Balaban J connectivity index is 2.13. The Kier molecular flexibility index (Phi) is 7.11. The summed E-state index contributed by atoms with van der Waals surface area (Å²) in [5.41, 5.74) is 0.250. The van der Waals surface area contributed by atoms with Crippen LogP contribution in [0.15, 0.2) is 24.3 Å². The molecule has 1 aromatic rings. The first-order valence-electron chi connectivity index (χ1n) is 10.7. The van der Waals surface area contributed by atoms with Gasteiger partial charge in [-0.2, -0.15) is 0 Å². The average Bonchev–Trinajstić information content (AvgIpc) is 2.59. The molecule has 5 nitrogen and oxygen atoms in total. The number of aliphatic hydroxyl groups excluding tert-OH is 1. The lowest BCUT2D eigenvalue weighted by Gasteiger charge is -2.39. The van der Waals surface area contributed by atoms with E-state index in [9.17, 15) is 9.90 Å². The highest BCUT2D eigenvalue weighted by atomic mass is 28.4. The molecule has 1 heterocycles. The van der Waals surface area contributed by atoms with Crippen molar-refractivity contribution in [1.82, 2.24) is 4.90 Å². The van der Waals surface area contributed by atoms with E-state index in [2.05, 4.69) is 33.9 Å². The van der Waals surface area contributed by atoms with Crippen LogP contribution in [0.2, 0.25) is 18.1 Å². The lowest BCUT2D eigenvalue weighted by molar-refractivity contribution is -0.0169. The molecular formula is C23H39NO4Si. The number of amides is 1. The van der Waals surface area contributed by atoms with Crippen molar-refractivity contribution in [2.75, 3.05) is 6.54 Å². The van der Waals surface area contributed by atoms with Gasteiger partial charge in [-0.25, -0.2) is 4.79 Å². The third-order valence-corrected chi connectivity index (χ3v) is 10.3. The predicted molar refractivity (Wildman–Crippen MR) is 120 cm³/mol. The van der Waals surface area contributed by atoms with Crippen LogP contribution in [0.25, 0.3) is 0 Å². The van der Waals surface area contributed by atoms with Crippen molar-refractivity contribution in [3.63, 3.8) is 0 Å². The molecule has 1 aliphatic rings. The lowest BCUT2D eigenvalue weighted by Crippen LogP contribution is -2.48. The Morgan fingerprint density at radius 1 is 1.10 bits per heavy atom. The van der Waals surface area contributed by atoms with E-state index in [1.165, 1.54) is 0 Å². The minimum absolute atomic E-state index is 0.126. The topological polar surface area (TPSA) is 59.0 Å². The van der Waals surface area contributed by atoms with Gasteiger partial charge in [0.1, 0.15) is 11.4 Å². The fraction of sp³-hybridized carbons (Fsp3) is 0.696. The Bertz CT molecular complexity index is 688. The van der Waals surface area contributed by atoms with E-state index in [1.54, 1.807) is 4.90 Å². The summed E-state index contributed by atoms with van der Waals surface area (Å²) >= 11 is 0. The predicted octanol–water partition coefficient (Wildman–Crippen LogP) is 5.89. The fourth-order valence-electron chi connectivity index (χ4n) is 3.24. The van der Waals surface area contributed by atoms with Crippen LogP contribution in [0, 0.1) is 0 Å². The molecule has 164 valence electrons. The smallest absolute Gasteiger partial charge is 0.410 e. The van der Waals surface area contributed by atoms with E-state index in [0.717, 1.165) is 30.6 Å². The van der Waals surface area contributed by atoms with Crippen molar-refractivity contribution in [2.45, 2.75) is 96.7 Å². The lowest BCUT2D eigenvalue weighted by atomic mass is 9.93. The summed E-state index contributed by atoms with van der Waals surface area (Å²) in [5.74, 6) is 0.834. The number of nitrogens with zero attached hydrogens (tertiary/aromatic N) is 1. The van der Waals surface area contributed by atoms with Crippen molar-refractivity contribution in [2.24, 2.45) is 0 Å². The van der Waals surface area contributed by atoms with Crippen LogP contribution < -0.4 is 4.43 Å². The zero-order valence-electron chi connectivity index (χ0n) is 19.4. The number of hydrogen-bond donors (Lipinski definition) is 1. The van der Waals surface area contributed by atoms with Gasteiger partial charge in [0.15, 0.2) is 0 Å². The maximum absolute atomic E-state index is 12.6. The molecular weight excluding hydrogens is 382 g/mol. The second kappa shape index (κ2) is 8.68. The van der Waals surface area contributed by atoms with Gasteiger partial charge < -0.3 is 19.2 Å². The van der Waals surface area contributed by atoms with E-state index in [0.29, 0.717) is 6.54 Å². The number of rotatable bonds is 4. The maximum Gasteiger partial charge on any atom is 0.410 e. The number of piperidine rings is 1. The minimum atomic E-state index is -1.90. The van der Waals surface area contributed by atoms with Crippen LogP contribution in [0.4, 0.5) is 4.79 Å². The minimum Gasteiger partial charge on any atom is -0.544 e. The first-order valence-corrected chi connectivity index (χ1v) is 13.6. The van der Waals surface area contributed by atoms with Crippen molar-refractivity contribution in [1.29, 1.82) is 0 Å². The molecule has 0 unspecified atom stereocenters. The Morgan fingerprint density at radius 2 is 1.69 bits per heavy atom. The molecule has 2 rings (SSSR count). The van der Waals surface area contributed by atoms with Crippen molar-refractivity contribution in [3.8, 4) is 5.75 Å². The number of carbonyl (C=O) groups is 1. The Hall–Kier alpha value is -1.53.